The van der Waals surface area contributed by atoms with Gasteiger partial charge in [-0.05, 0) is 63.8 Å². The normalized spacial score (nSPS) is 14.7. The van der Waals surface area contributed by atoms with E-state index >= 15 is 0 Å². The van der Waals surface area contributed by atoms with E-state index in [4.69, 9.17) is 4.74 Å². The summed E-state index contributed by atoms with van der Waals surface area (Å²) in [6.07, 6.45) is 2.85. The van der Waals surface area contributed by atoms with Crippen LogP contribution >= 0.6 is 0 Å². The summed E-state index contributed by atoms with van der Waals surface area (Å²) >= 11 is 0. The second-order valence-electron chi connectivity index (χ2n) is 7.85. The summed E-state index contributed by atoms with van der Waals surface area (Å²) in [5.41, 5.74) is 4.93. The fourth-order valence-electron chi connectivity index (χ4n) is 3.45. The molecule has 2 aromatic rings. The van der Waals surface area contributed by atoms with E-state index in [1.165, 1.54) is 6.92 Å². The molecule has 1 aromatic heterocycles. The maximum Gasteiger partial charge on any atom is 0.349 e. The van der Waals surface area contributed by atoms with Crippen LogP contribution in [-0.2, 0) is 20.9 Å². The first-order valence-electron chi connectivity index (χ1n) is 10.1. The molecule has 1 N–H and O–H groups in total. The number of nitrogens with zero attached hydrogens (tertiary/aromatic N) is 2. The molecule has 1 aliphatic carbocycles. The maximum absolute atomic E-state index is 12.5. The molecule has 0 radical (unpaired) electrons. The van der Waals surface area contributed by atoms with E-state index in [0.717, 1.165) is 40.9 Å². The quantitative estimate of drug-likeness (QED) is 0.430. The van der Waals surface area contributed by atoms with Crippen molar-refractivity contribution in [3.63, 3.8) is 0 Å². The van der Waals surface area contributed by atoms with Crippen molar-refractivity contribution < 1.29 is 14.3 Å². The Morgan fingerprint density at radius 3 is 2.53 bits per heavy atom. The monoisotopic (exact) mass is 405 g/mol. The molecule has 1 fully saturated rings. The van der Waals surface area contributed by atoms with Crippen LogP contribution in [0.2, 0.25) is 0 Å². The van der Waals surface area contributed by atoms with Crippen molar-refractivity contribution in [2.45, 2.75) is 59.2 Å². The molecule has 1 heterocycles. The predicted molar refractivity (Wildman–Crippen MR) is 114 cm³/mol. The molecule has 0 spiro atoms. The Kier molecular flexibility index (Phi) is 6.41. The van der Waals surface area contributed by atoms with Crippen molar-refractivity contribution in [1.29, 1.82) is 5.26 Å². The molecule has 1 aromatic carbocycles. The van der Waals surface area contributed by atoms with E-state index in [1.807, 2.05) is 57.2 Å². The number of hydrogen-bond acceptors (Lipinski definition) is 4. The minimum atomic E-state index is -1.00. The number of ether oxygens (including phenoxy) is 1. The van der Waals surface area contributed by atoms with Crippen LogP contribution in [0.3, 0.4) is 0 Å². The largest absolute Gasteiger partial charge is 0.448 e. The second-order valence-corrected chi connectivity index (χ2v) is 7.85. The van der Waals surface area contributed by atoms with Gasteiger partial charge in [0.15, 0.2) is 6.10 Å². The van der Waals surface area contributed by atoms with Crippen molar-refractivity contribution in [2.75, 3.05) is 0 Å². The number of carbonyl (C=O) groups is 2. The summed E-state index contributed by atoms with van der Waals surface area (Å²) in [4.78, 5) is 24.7. The molecule has 1 saturated carbocycles. The Hall–Kier alpha value is -3.33. The molecule has 0 saturated heterocycles. The Morgan fingerprint density at radius 1 is 1.27 bits per heavy atom. The summed E-state index contributed by atoms with van der Waals surface area (Å²) in [6, 6.07) is 12.2. The van der Waals surface area contributed by atoms with Crippen molar-refractivity contribution in [2.24, 2.45) is 0 Å². The number of aryl methyl sites for hydroxylation is 2. The van der Waals surface area contributed by atoms with Crippen LogP contribution in [-0.4, -0.2) is 22.5 Å². The van der Waals surface area contributed by atoms with Gasteiger partial charge in [-0.1, -0.05) is 29.8 Å². The van der Waals surface area contributed by atoms with Crippen LogP contribution in [0.15, 0.2) is 35.9 Å². The summed E-state index contributed by atoms with van der Waals surface area (Å²) in [5, 5.41) is 12.2. The smallest absolute Gasteiger partial charge is 0.349 e. The average molecular weight is 405 g/mol. The Morgan fingerprint density at radius 2 is 1.93 bits per heavy atom. The van der Waals surface area contributed by atoms with E-state index in [9.17, 15) is 14.9 Å². The summed E-state index contributed by atoms with van der Waals surface area (Å²) < 4.78 is 7.48. The molecule has 1 aliphatic rings. The number of rotatable bonds is 7. The van der Waals surface area contributed by atoms with Crippen LogP contribution < -0.4 is 5.32 Å². The predicted octanol–water partition coefficient (Wildman–Crippen LogP) is 3.90. The molecule has 3 rings (SSSR count). The number of carbonyl (C=O) groups excluding carboxylic acids is 2. The van der Waals surface area contributed by atoms with Gasteiger partial charge in [0.2, 0.25) is 0 Å². The van der Waals surface area contributed by atoms with Crippen molar-refractivity contribution in [1.82, 2.24) is 9.88 Å². The molecule has 30 heavy (non-hydrogen) atoms. The van der Waals surface area contributed by atoms with Gasteiger partial charge >= 0.3 is 5.97 Å². The van der Waals surface area contributed by atoms with E-state index in [-0.39, 0.29) is 5.57 Å². The zero-order valence-electron chi connectivity index (χ0n) is 17.9. The van der Waals surface area contributed by atoms with Gasteiger partial charge in [0.25, 0.3) is 5.91 Å². The van der Waals surface area contributed by atoms with Crippen LogP contribution in [0.4, 0.5) is 0 Å². The molecule has 1 amide bonds. The van der Waals surface area contributed by atoms with Crippen molar-refractivity contribution in [3.8, 4) is 6.07 Å². The van der Waals surface area contributed by atoms with Gasteiger partial charge in [0, 0.05) is 24.0 Å². The van der Waals surface area contributed by atoms with Crippen molar-refractivity contribution >= 4 is 18.0 Å². The fraction of sp³-hybridized carbons (Fsp3) is 0.375. The highest BCUT2D eigenvalue weighted by atomic mass is 16.5. The second kappa shape index (κ2) is 9.00. The number of aromatic nitrogens is 1. The number of nitrogens with one attached hydrogen (secondary N) is 1. The number of amides is 1. The molecular formula is C24H27N3O3. The third-order valence-corrected chi connectivity index (χ3v) is 5.32. The lowest BCUT2D eigenvalue weighted by Crippen LogP contribution is -2.35. The third kappa shape index (κ3) is 4.98. The van der Waals surface area contributed by atoms with E-state index in [1.54, 1.807) is 6.08 Å². The lowest BCUT2D eigenvalue weighted by Gasteiger charge is -2.13. The Bertz CT molecular complexity index is 1020. The van der Waals surface area contributed by atoms with Crippen molar-refractivity contribution in [3.05, 3.63) is 64.0 Å². The number of esters is 1. The highest BCUT2D eigenvalue weighted by Gasteiger charge is 2.27. The van der Waals surface area contributed by atoms with Crippen LogP contribution in [0.25, 0.3) is 6.08 Å². The van der Waals surface area contributed by atoms with Gasteiger partial charge in [-0.25, -0.2) is 4.79 Å². The van der Waals surface area contributed by atoms with Gasteiger partial charge in [-0.15, -0.1) is 0 Å². The SMILES string of the molecule is Cc1ccc(CNC(=O)[C@@H](C)OC(=O)/C(C#N)=C/c2cc(C)n(C3CC3)c2C)cc1. The molecular weight excluding hydrogens is 378 g/mol. The lowest BCUT2D eigenvalue weighted by molar-refractivity contribution is -0.150. The molecule has 0 aliphatic heterocycles. The van der Waals surface area contributed by atoms with E-state index in [2.05, 4.69) is 9.88 Å². The first kappa shape index (κ1) is 21.4. The average Bonchev–Trinajstić information content (AvgIpc) is 3.50. The zero-order valence-corrected chi connectivity index (χ0v) is 17.9. The minimum Gasteiger partial charge on any atom is -0.448 e. The lowest BCUT2D eigenvalue weighted by atomic mass is 10.1. The molecule has 156 valence electrons. The molecule has 1 atom stereocenters. The number of hydrogen-bond donors (Lipinski definition) is 1. The highest BCUT2D eigenvalue weighted by molar-refractivity contribution is 5.99. The molecule has 6 heteroatoms. The topological polar surface area (TPSA) is 84.1 Å². The summed E-state index contributed by atoms with van der Waals surface area (Å²) in [6.45, 7) is 7.84. The zero-order chi connectivity index (χ0) is 21.8. The Balaban J connectivity index is 1.62. The summed E-state index contributed by atoms with van der Waals surface area (Å²) in [7, 11) is 0. The minimum absolute atomic E-state index is 0.121. The number of nitriles is 1. The highest BCUT2D eigenvalue weighted by Crippen LogP contribution is 2.38. The Labute approximate surface area is 177 Å². The first-order chi connectivity index (χ1) is 14.3. The number of benzene rings is 1. The van der Waals surface area contributed by atoms with Gasteiger partial charge in [-0.2, -0.15) is 5.26 Å². The molecule has 0 unspecified atom stereocenters. The van der Waals surface area contributed by atoms with E-state index in [0.29, 0.717) is 12.6 Å². The molecule has 0 bridgehead atoms. The molecule has 6 nitrogen and oxygen atoms in total. The third-order valence-electron chi connectivity index (χ3n) is 5.32. The first-order valence-corrected chi connectivity index (χ1v) is 10.1. The van der Waals surface area contributed by atoms with Crippen LogP contribution in [0.5, 0.6) is 0 Å². The van der Waals surface area contributed by atoms with Gasteiger partial charge in [-0.3, -0.25) is 4.79 Å². The van der Waals surface area contributed by atoms with Crippen LogP contribution in [0, 0.1) is 32.1 Å². The standard InChI is InChI=1S/C24H27N3O3/c1-15-5-7-19(8-6-15)14-26-23(28)18(4)30-24(29)21(13-25)12-20-11-16(2)27(17(20)3)22-9-10-22/h5-8,11-12,18,22H,9-10,14H2,1-4H3,(H,26,28)/b21-12+/t18-/m1/s1. The van der Waals surface area contributed by atoms with Gasteiger partial charge in [0.1, 0.15) is 11.6 Å². The fourth-order valence-corrected chi connectivity index (χ4v) is 3.45. The van der Waals surface area contributed by atoms with Gasteiger partial charge < -0.3 is 14.6 Å². The summed E-state index contributed by atoms with van der Waals surface area (Å²) in [5.74, 6) is -1.21. The van der Waals surface area contributed by atoms with Crippen LogP contribution in [0.1, 0.15) is 53.9 Å². The van der Waals surface area contributed by atoms with Gasteiger partial charge in [0.05, 0.1) is 0 Å². The van der Waals surface area contributed by atoms with E-state index < -0.39 is 18.0 Å². The maximum atomic E-state index is 12.5.